The number of hydrogen-bond acceptors (Lipinski definition) is 3. The second kappa shape index (κ2) is 6.53. The number of hydrogen-bond donors (Lipinski definition) is 1. The quantitative estimate of drug-likeness (QED) is 0.454. The lowest BCUT2D eigenvalue weighted by atomic mass is 10.2. The number of halogens is 4. The molecule has 0 fully saturated rings. The molecule has 0 aromatic heterocycles. The summed E-state index contributed by atoms with van der Waals surface area (Å²) in [4.78, 5) is 11.8. The van der Waals surface area contributed by atoms with Gasteiger partial charge in [-0.1, -0.05) is 0 Å². The predicted octanol–water partition coefficient (Wildman–Crippen LogP) is 4.43. The minimum atomic E-state index is -0.793. The van der Waals surface area contributed by atoms with Gasteiger partial charge in [0.2, 0.25) is 0 Å². The molecule has 2 aromatic carbocycles. The van der Waals surface area contributed by atoms with Crippen LogP contribution in [-0.2, 0) is 11.3 Å². The Morgan fingerprint density at radius 3 is 2.48 bits per heavy atom. The van der Waals surface area contributed by atoms with Gasteiger partial charge in [0, 0.05) is 10.2 Å². The maximum atomic E-state index is 13.7. The normalized spacial score (nSPS) is 10.5. The van der Waals surface area contributed by atoms with Gasteiger partial charge in [0.15, 0.2) is 0 Å². The zero-order valence-corrected chi connectivity index (χ0v) is 13.7. The second-order valence-corrected chi connectivity index (χ2v) is 5.84. The van der Waals surface area contributed by atoms with Crippen LogP contribution in [0.5, 0.6) is 0 Å². The number of anilines is 1. The predicted molar refractivity (Wildman–Crippen MR) is 81.7 cm³/mol. The van der Waals surface area contributed by atoms with Crippen LogP contribution in [-0.4, -0.2) is 5.97 Å². The minimum Gasteiger partial charge on any atom is -0.457 e. The highest BCUT2D eigenvalue weighted by molar-refractivity contribution is 9.10. The van der Waals surface area contributed by atoms with E-state index in [1.807, 2.05) is 0 Å². The molecular formula is C14H9Br2F2NO2. The maximum Gasteiger partial charge on any atom is 0.338 e. The van der Waals surface area contributed by atoms with E-state index in [9.17, 15) is 13.6 Å². The highest BCUT2D eigenvalue weighted by atomic mass is 79.9. The molecule has 0 amide bonds. The molecule has 0 atom stereocenters. The Bertz CT molecular complexity index is 708. The largest absolute Gasteiger partial charge is 0.457 e. The molecule has 2 aromatic rings. The molecule has 0 radical (unpaired) electrons. The lowest BCUT2D eigenvalue weighted by Gasteiger charge is -2.09. The smallest absolute Gasteiger partial charge is 0.338 e. The molecule has 21 heavy (non-hydrogen) atoms. The number of benzene rings is 2. The third-order valence-electron chi connectivity index (χ3n) is 2.72. The van der Waals surface area contributed by atoms with Crippen LogP contribution in [0, 0.1) is 11.6 Å². The van der Waals surface area contributed by atoms with Crippen LogP contribution < -0.4 is 5.73 Å². The molecule has 0 spiro atoms. The van der Waals surface area contributed by atoms with E-state index in [1.165, 1.54) is 18.2 Å². The van der Waals surface area contributed by atoms with Gasteiger partial charge in [0.05, 0.1) is 15.6 Å². The van der Waals surface area contributed by atoms with Crippen LogP contribution in [0.1, 0.15) is 15.9 Å². The molecule has 2 rings (SSSR count). The molecule has 7 heteroatoms. The van der Waals surface area contributed by atoms with Gasteiger partial charge in [-0.25, -0.2) is 13.6 Å². The fourth-order valence-corrected chi connectivity index (χ4v) is 2.21. The van der Waals surface area contributed by atoms with Gasteiger partial charge in [-0.3, -0.25) is 0 Å². The molecule has 0 saturated heterocycles. The highest BCUT2D eigenvalue weighted by Gasteiger charge is 2.15. The lowest BCUT2D eigenvalue weighted by molar-refractivity contribution is 0.0464. The summed E-state index contributed by atoms with van der Waals surface area (Å²) >= 11 is 6.15. The average molecular weight is 421 g/mol. The van der Waals surface area contributed by atoms with Crippen molar-refractivity contribution in [3.63, 3.8) is 0 Å². The fraction of sp³-hybridized carbons (Fsp3) is 0.0714. The summed E-state index contributed by atoms with van der Waals surface area (Å²) in [5.74, 6) is -2.29. The number of nitrogen functional groups attached to an aromatic ring is 1. The number of carbonyl (C=O) groups excluding carboxylic acids is 1. The summed E-state index contributed by atoms with van der Waals surface area (Å²) in [5, 5.41) is 0. The van der Waals surface area contributed by atoms with Gasteiger partial charge in [0.25, 0.3) is 0 Å². The molecule has 0 heterocycles. The first-order valence-electron chi connectivity index (χ1n) is 5.74. The van der Waals surface area contributed by atoms with E-state index in [0.29, 0.717) is 10.2 Å². The summed E-state index contributed by atoms with van der Waals surface area (Å²) in [6.45, 7) is -0.508. The van der Waals surface area contributed by atoms with E-state index in [0.717, 1.165) is 6.07 Å². The maximum absolute atomic E-state index is 13.7. The van der Waals surface area contributed by atoms with E-state index >= 15 is 0 Å². The number of esters is 1. The SMILES string of the molecule is Nc1cc(C(=O)OCc2c(F)ccc(Br)c2F)ccc1Br. The van der Waals surface area contributed by atoms with Gasteiger partial charge >= 0.3 is 5.97 Å². The highest BCUT2D eigenvalue weighted by Crippen LogP contribution is 2.24. The molecule has 0 aliphatic heterocycles. The monoisotopic (exact) mass is 419 g/mol. The van der Waals surface area contributed by atoms with Crippen LogP contribution >= 0.6 is 31.9 Å². The number of nitrogens with two attached hydrogens (primary N) is 1. The fourth-order valence-electron chi connectivity index (χ4n) is 1.59. The third kappa shape index (κ3) is 3.59. The lowest BCUT2D eigenvalue weighted by Crippen LogP contribution is -2.08. The molecule has 0 bridgehead atoms. The molecule has 0 aliphatic carbocycles. The van der Waals surface area contributed by atoms with Crippen molar-refractivity contribution >= 4 is 43.5 Å². The summed E-state index contributed by atoms with van der Waals surface area (Å²) < 4.78 is 32.9. The van der Waals surface area contributed by atoms with E-state index < -0.39 is 24.2 Å². The van der Waals surface area contributed by atoms with Gasteiger partial charge in [-0.2, -0.15) is 0 Å². The van der Waals surface area contributed by atoms with Gasteiger partial charge in [-0.15, -0.1) is 0 Å². The van der Waals surface area contributed by atoms with E-state index in [1.54, 1.807) is 6.07 Å². The molecule has 0 unspecified atom stereocenters. The van der Waals surface area contributed by atoms with E-state index in [4.69, 9.17) is 10.5 Å². The van der Waals surface area contributed by atoms with E-state index in [-0.39, 0.29) is 15.6 Å². The van der Waals surface area contributed by atoms with Crippen LogP contribution in [0.2, 0.25) is 0 Å². The van der Waals surface area contributed by atoms with Gasteiger partial charge in [-0.05, 0) is 62.2 Å². The van der Waals surface area contributed by atoms with Crippen molar-refractivity contribution in [2.45, 2.75) is 6.61 Å². The van der Waals surface area contributed by atoms with Crippen molar-refractivity contribution in [2.24, 2.45) is 0 Å². The molecule has 0 saturated carbocycles. The molecule has 2 N–H and O–H groups in total. The summed E-state index contributed by atoms with van der Waals surface area (Å²) in [7, 11) is 0. The van der Waals surface area contributed by atoms with Crippen molar-refractivity contribution < 1.29 is 18.3 Å². The minimum absolute atomic E-state index is 0.0998. The molecule has 110 valence electrons. The summed E-state index contributed by atoms with van der Waals surface area (Å²) in [6, 6.07) is 6.84. The van der Waals surface area contributed by atoms with Gasteiger partial charge < -0.3 is 10.5 Å². The topological polar surface area (TPSA) is 52.3 Å². The van der Waals surface area contributed by atoms with Crippen LogP contribution in [0.4, 0.5) is 14.5 Å². The second-order valence-electron chi connectivity index (χ2n) is 4.13. The van der Waals surface area contributed by atoms with Crippen molar-refractivity contribution in [3.8, 4) is 0 Å². The summed E-state index contributed by atoms with van der Waals surface area (Å²) in [6.07, 6.45) is 0. The first-order valence-corrected chi connectivity index (χ1v) is 7.33. The van der Waals surface area contributed by atoms with Crippen molar-refractivity contribution in [3.05, 3.63) is 62.0 Å². The summed E-state index contributed by atoms with van der Waals surface area (Å²) in [5.41, 5.74) is 5.90. The Balaban J connectivity index is 2.15. The van der Waals surface area contributed by atoms with Crippen molar-refractivity contribution in [2.75, 3.05) is 5.73 Å². The number of carbonyl (C=O) groups is 1. The average Bonchev–Trinajstić information content (AvgIpc) is 2.45. The zero-order valence-electron chi connectivity index (χ0n) is 10.5. The van der Waals surface area contributed by atoms with Crippen molar-refractivity contribution in [1.82, 2.24) is 0 Å². The van der Waals surface area contributed by atoms with Crippen LogP contribution in [0.15, 0.2) is 39.3 Å². The van der Waals surface area contributed by atoms with E-state index in [2.05, 4.69) is 31.9 Å². The zero-order chi connectivity index (χ0) is 15.6. The Hall–Kier alpha value is -1.47. The molecule has 0 aliphatic rings. The molecule has 3 nitrogen and oxygen atoms in total. The van der Waals surface area contributed by atoms with Crippen molar-refractivity contribution in [1.29, 1.82) is 0 Å². The van der Waals surface area contributed by atoms with Gasteiger partial charge in [0.1, 0.15) is 18.2 Å². The third-order valence-corrected chi connectivity index (χ3v) is 4.05. The Morgan fingerprint density at radius 1 is 1.14 bits per heavy atom. The Kier molecular flexibility index (Phi) is 4.95. The Labute approximate surface area is 136 Å². The first-order chi connectivity index (χ1) is 9.90. The standard InChI is InChI=1S/C14H9Br2F2NO2/c15-9-2-1-7(5-12(9)19)14(20)21-6-8-11(17)4-3-10(16)13(8)18/h1-5H,6,19H2. The number of ether oxygens (including phenoxy) is 1. The Morgan fingerprint density at radius 2 is 1.81 bits per heavy atom. The van der Waals surface area contributed by atoms with Crippen LogP contribution in [0.3, 0.4) is 0 Å². The van der Waals surface area contributed by atoms with Crippen LogP contribution in [0.25, 0.3) is 0 Å². The number of rotatable bonds is 3. The molecular weight excluding hydrogens is 412 g/mol. The first kappa shape index (κ1) is 15.9.